The Bertz CT molecular complexity index is 257. The summed E-state index contributed by atoms with van der Waals surface area (Å²) in [5.41, 5.74) is 0. The van der Waals surface area contributed by atoms with Crippen molar-refractivity contribution in [3.63, 3.8) is 0 Å². The zero-order chi connectivity index (χ0) is 8.10. The Morgan fingerprint density at radius 3 is 3.18 bits per heavy atom. The fraction of sp³-hybridized carbons (Fsp3) is 0. The molecule has 0 bridgehead atoms. The molecule has 0 saturated heterocycles. The Balaban J connectivity index is 2.40. The second-order valence-corrected chi connectivity index (χ2v) is 3.40. The third-order valence-corrected chi connectivity index (χ3v) is 2.27. The molecule has 58 valence electrons. The third kappa shape index (κ3) is 3.15. The highest BCUT2D eigenvalue weighted by Gasteiger charge is 1.92. The number of carboxylic acid groups (broad SMARTS) is 1. The molecule has 6 heteroatoms. The van der Waals surface area contributed by atoms with E-state index in [9.17, 15) is 4.79 Å². The van der Waals surface area contributed by atoms with Crippen molar-refractivity contribution >= 4 is 29.3 Å². The molecule has 0 fully saturated rings. The summed E-state index contributed by atoms with van der Waals surface area (Å²) in [4.78, 5) is 13.8. The van der Waals surface area contributed by atoms with Crippen LogP contribution >= 0.6 is 23.3 Å². The lowest BCUT2D eigenvalue weighted by molar-refractivity contribution is -0.131. The van der Waals surface area contributed by atoms with Crippen molar-refractivity contribution in [3.8, 4) is 0 Å². The molecule has 0 spiro atoms. The topological polar surface area (TPSA) is 63.1 Å². The molecule has 0 aliphatic rings. The summed E-state index contributed by atoms with van der Waals surface area (Å²) in [5.74, 6) is -0.956. The van der Waals surface area contributed by atoms with E-state index in [4.69, 9.17) is 5.11 Å². The van der Waals surface area contributed by atoms with Gasteiger partial charge in [-0.3, -0.25) is 0 Å². The molecular formula is C5H4N2O2S2. The molecule has 1 heterocycles. The van der Waals surface area contributed by atoms with Crippen LogP contribution in [0.2, 0.25) is 0 Å². The van der Waals surface area contributed by atoms with Crippen LogP contribution in [0.25, 0.3) is 0 Å². The first-order valence-corrected chi connectivity index (χ1v) is 4.27. The quantitative estimate of drug-likeness (QED) is 0.571. The molecule has 1 aromatic heterocycles. The first-order chi connectivity index (χ1) is 5.29. The van der Waals surface area contributed by atoms with Crippen LogP contribution < -0.4 is 0 Å². The Morgan fingerprint density at radius 2 is 2.64 bits per heavy atom. The minimum absolute atomic E-state index is 0.738. The van der Waals surface area contributed by atoms with Gasteiger partial charge in [0.25, 0.3) is 0 Å². The average Bonchev–Trinajstić information content (AvgIpc) is 2.39. The molecule has 0 atom stereocenters. The van der Waals surface area contributed by atoms with Gasteiger partial charge in [-0.05, 0) is 16.9 Å². The van der Waals surface area contributed by atoms with E-state index in [1.807, 2.05) is 0 Å². The monoisotopic (exact) mass is 188 g/mol. The summed E-state index contributed by atoms with van der Waals surface area (Å²) in [7, 11) is 0. The summed E-state index contributed by atoms with van der Waals surface area (Å²) in [6, 6.07) is 0. The second-order valence-electron chi connectivity index (χ2n) is 1.47. The molecule has 1 N–H and O–H groups in total. The second kappa shape index (κ2) is 4.09. The number of carboxylic acids is 1. The van der Waals surface area contributed by atoms with Crippen LogP contribution in [-0.4, -0.2) is 20.4 Å². The molecule has 0 unspecified atom stereocenters. The maximum atomic E-state index is 10.00. The molecular weight excluding hydrogens is 184 g/mol. The molecule has 0 radical (unpaired) electrons. The van der Waals surface area contributed by atoms with E-state index in [1.54, 1.807) is 0 Å². The van der Waals surface area contributed by atoms with Crippen molar-refractivity contribution < 1.29 is 9.90 Å². The van der Waals surface area contributed by atoms with Gasteiger partial charge in [-0.2, -0.15) is 4.37 Å². The molecule has 0 amide bonds. The molecule has 4 nitrogen and oxygen atoms in total. The van der Waals surface area contributed by atoms with Crippen LogP contribution in [0.4, 0.5) is 0 Å². The lowest BCUT2D eigenvalue weighted by Gasteiger charge is -1.81. The van der Waals surface area contributed by atoms with E-state index < -0.39 is 5.97 Å². The number of aliphatic carboxylic acids is 1. The SMILES string of the molecule is O=C(O)C=CSc1ncns1. The largest absolute Gasteiger partial charge is 0.478 e. The van der Waals surface area contributed by atoms with Gasteiger partial charge < -0.3 is 5.11 Å². The summed E-state index contributed by atoms with van der Waals surface area (Å²) < 4.78 is 4.49. The van der Waals surface area contributed by atoms with Gasteiger partial charge in [-0.25, -0.2) is 9.78 Å². The van der Waals surface area contributed by atoms with Gasteiger partial charge in [0.05, 0.1) is 0 Å². The van der Waals surface area contributed by atoms with E-state index in [2.05, 4.69) is 9.36 Å². The fourth-order valence-electron chi connectivity index (χ4n) is 0.365. The van der Waals surface area contributed by atoms with Crippen molar-refractivity contribution in [1.29, 1.82) is 0 Å². The maximum Gasteiger partial charge on any atom is 0.328 e. The van der Waals surface area contributed by atoms with Crippen molar-refractivity contribution in [2.45, 2.75) is 4.34 Å². The van der Waals surface area contributed by atoms with Gasteiger partial charge in [0, 0.05) is 6.08 Å². The Kier molecular flexibility index (Phi) is 3.06. The minimum Gasteiger partial charge on any atom is -0.478 e. The molecule has 1 rings (SSSR count). The predicted octanol–water partition coefficient (Wildman–Crippen LogP) is 1.23. The number of carbonyl (C=O) groups is 1. The van der Waals surface area contributed by atoms with Crippen LogP contribution in [0, 0.1) is 0 Å². The van der Waals surface area contributed by atoms with Crippen LogP contribution in [0.3, 0.4) is 0 Å². The number of thioether (sulfide) groups is 1. The zero-order valence-corrected chi connectivity index (χ0v) is 6.93. The highest BCUT2D eigenvalue weighted by molar-refractivity contribution is 8.03. The first kappa shape index (κ1) is 8.22. The maximum absolute atomic E-state index is 10.00. The van der Waals surface area contributed by atoms with Gasteiger partial charge in [-0.15, -0.1) is 0 Å². The first-order valence-electron chi connectivity index (χ1n) is 2.62. The minimum atomic E-state index is -0.956. The Hall–Kier alpha value is -0.880. The molecule has 0 aliphatic carbocycles. The van der Waals surface area contributed by atoms with Crippen molar-refractivity contribution in [3.05, 3.63) is 17.8 Å². The number of aromatic nitrogens is 2. The highest BCUT2D eigenvalue weighted by atomic mass is 32.2. The number of hydrogen-bond donors (Lipinski definition) is 1. The van der Waals surface area contributed by atoms with Gasteiger partial charge in [0.1, 0.15) is 6.33 Å². The van der Waals surface area contributed by atoms with Gasteiger partial charge in [0.15, 0.2) is 4.34 Å². The van der Waals surface area contributed by atoms with Crippen LogP contribution in [-0.2, 0) is 4.79 Å². The van der Waals surface area contributed by atoms with E-state index >= 15 is 0 Å². The Morgan fingerprint density at radius 1 is 1.82 bits per heavy atom. The third-order valence-electron chi connectivity index (χ3n) is 0.721. The lowest BCUT2D eigenvalue weighted by atomic mass is 10.7. The van der Waals surface area contributed by atoms with Crippen LogP contribution in [0.5, 0.6) is 0 Å². The van der Waals surface area contributed by atoms with Gasteiger partial charge in [-0.1, -0.05) is 11.8 Å². The van der Waals surface area contributed by atoms with Crippen LogP contribution in [0.1, 0.15) is 0 Å². The molecule has 11 heavy (non-hydrogen) atoms. The summed E-state index contributed by atoms with van der Waals surface area (Å²) in [5, 5.41) is 9.67. The molecule has 1 aromatic rings. The standard InChI is InChI=1S/C5H4N2O2S2/c8-4(9)1-2-10-5-6-3-7-11-5/h1-3H,(H,8,9). The molecule has 0 aliphatic heterocycles. The number of hydrogen-bond acceptors (Lipinski definition) is 5. The summed E-state index contributed by atoms with van der Waals surface area (Å²) >= 11 is 2.47. The highest BCUT2D eigenvalue weighted by Crippen LogP contribution is 2.18. The zero-order valence-electron chi connectivity index (χ0n) is 5.30. The van der Waals surface area contributed by atoms with Crippen molar-refractivity contribution in [2.75, 3.05) is 0 Å². The van der Waals surface area contributed by atoms with E-state index in [0.717, 1.165) is 10.4 Å². The van der Waals surface area contributed by atoms with Gasteiger partial charge in [0.2, 0.25) is 0 Å². The fourth-order valence-corrected chi connectivity index (χ4v) is 1.52. The van der Waals surface area contributed by atoms with Crippen molar-refractivity contribution in [2.24, 2.45) is 0 Å². The smallest absolute Gasteiger partial charge is 0.328 e. The summed E-state index contributed by atoms with van der Waals surface area (Å²) in [6.07, 6.45) is 2.49. The van der Waals surface area contributed by atoms with E-state index in [0.29, 0.717) is 0 Å². The average molecular weight is 188 g/mol. The van der Waals surface area contributed by atoms with E-state index in [1.165, 1.54) is 35.0 Å². The lowest BCUT2D eigenvalue weighted by Crippen LogP contribution is -1.83. The molecule has 0 aromatic carbocycles. The van der Waals surface area contributed by atoms with Crippen molar-refractivity contribution in [1.82, 2.24) is 9.36 Å². The van der Waals surface area contributed by atoms with Crippen LogP contribution in [0.15, 0.2) is 22.2 Å². The summed E-state index contributed by atoms with van der Waals surface area (Å²) in [6.45, 7) is 0. The van der Waals surface area contributed by atoms with Gasteiger partial charge >= 0.3 is 5.97 Å². The predicted molar refractivity (Wildman–Crippen MR) is 42.5 cm³/mol. The van der Waals surface area contributed by atoms with E-state index in [-0.39, 0.29) is 0 Å². The normalized spacial score (nSPS) is 10.5. The molecule has 0 saturated carbocycles. The Labute approximate surface area is 71.1 Å². The number of nitrogens with zero attached hydrogens (tertiary/aromatic N) is 2. The number of rotatable bonds is 3.